The van der Waals surface area contributed by atoms with E-state index in [1.165, 1.54) is 22.0 Å². The minimum atomic E-state index is -1.10. The fourth-order valence-electron chi connectivity index (χ4n) is 4.20. The number of likely N-dealkylation sites (N-methyl/N-ethyl adjacent to an activating group) is 1. The van der Waals surface area contributed by atoms with Gasteiger partial charge in [0.1, 0.15) is 24.6 Å². The normalized spacial score (nSPS) is 26.3. The predicted octanol–water partition coefficient (Wildman–Crippen LogP) is 2.83. The highest BCUT2D eigenvalue weighted by Crippen LogP contribution is 2.38. The first kappa shape index (κ1) is 21.4. The summed E-state index contributed by atoms with van der Waals surface area (Å²) in [6.07, 6.45) is -2.35. The van der Waals surface area contributed by atoms with Gasteiger partial charge in [0.05, 0.1) is 12.2 Å². The fraction of sp³-hybridized carbons (Fsp3) is 0.375. The number of amides is 1. The molecule has 3 unspecified atom stereocenters. The quantitative estimate of drug-likeness (QED) is 0.618. The van der Waals surface area contributed by atoms with Crippen molar-refractivity contribution in [3.63, 3.8) is 0 Å². The molecule has 1 fully saturated rings. The van der Waals surface area contributed by atoms with Crippen molar-refractivity contribution < 1.29 is 29.3 Å². The summed E-state index contributed by atoms with van der Waals surface area (Å²) < 4.78 is 13.2. The second-order valence-corrected chi connectivity index (χ2v) is 9.40. The Balaban J connectivity index is 1.48. The van der Waals surface area contributed by atoms with Gasteiger partial charge in [0.25, 0.3) is 5.91 Å². The van der Waals surface area contributed by atoms with Gasteiger partial charge in [0.15, 0.2) is 6.61 Å². The average Bonchev–Trinajstić information content (AvgIpc) is 3.19. The van der Waals surface area contributed by atoms with Crippen LogP contribution in [0.3, 0.4) is 0 Å². The van der Waals surface area contributed by atoms with Crippen molar-refractivity contribution in [3.05, 3.63) is 64.5 Å². The van der Waals surface area contributed by atoms with Gasteiger partial charge in [0.2, 0.25) is 0 Å². The lowest BCUT2D eigenvalue weighted by atomic mass is 9.92. The minimum Gasteiger partial charge on any atom is -0.483 e. The van der Waals surface area contributed by atoms with E-state index in [0.717, 1.165) is 22.6 Å². The molecule has 5 rings (SSSR count). The molecule has 1 amide bonds. The van der Waals surface area contributed by atoms with Gasteiger partial charge in [-0.2, -0.15) is 0 Å². The van der Waals surface area contributed by atoms with Crippen LogP contribution in [0, 0.1) is 0 Å². The number of benzene rings is 2. The van der Waals surface area contributed by atoms with Gasteiger partial charge >= 0.3 is 0 Å². The Bertz CT molecular complexity index is 1100. The molecule has 4 atom stereocenters. The first-order valence-electron chi connectivity index (χ1n) is 10.6. The maximum atomic E-state index is 12.3. The van der Waals surface area contributed by atoms with Crippen LogP contribution in [0.1, 0.15) is 28.5 Å². The molecule has 2 N–H and O–H groups in total. The van der Waals surface area contributed by atoms with E-state index in [2.05, 4.69) is 18.2 Å². The third kappa shape index (κ3) is 4.24. The van der Waals surface area contributed by atoms with Crippen LogP contribution < -0.4 is 4.74 Å². The lowest BCUT2D eigenvalue weighted by Crippen LogP contribution is -2.48. The van der Waals surface area contributed by atoms with Gasteiger partial charge in [-0.3, -0.25) is 9.63 Å². The van der Waals surface area contributed by atoms with E-state index in [1.54, 1.807) is 11.3 Å². The van der Waals surface area contributed by atoms with E-state index < -0.39 is 24.4 Å². The zero-order valence-corrected chi connectivity index (χ0v) is 18.5. The first-order chi connectivity index (χ1) is 15.5. The number of thiophene rings is 1. The number of carbonyl (C=O) groups excluding carboxylic acids is 1. The Morgan fingerprint density at radius 3 is 2.84 bits per heavy atom. The highest BCUT2D eigenvalue weighted by atomic mass is 32.1. The molecule has 2 bridgehead atoms. The largest absolute Gasteiger partial charge is 0.483 e. The smallest absolute Gasteiger partial charge is 0.283 e. The van der Waals surface area contributed by atoms with Crippen molar-refractivity contribution in [1.29, 1.82) is 0 Å². The summed E-state index contributed by atoms with van der Waals surface area (Å²) >= 11 is 1.76. The van der Waals surface area contributed by atoms with Crippen LogP contribution in [-0.2, 0) is 20.8 Å². The number of carbonyl (C=O) groups is 1. The molecule has 7 nitrogen and oxygen atoms in total. The van der Waals surface area contributed by atoms with Gasteiger partial charge in [-0.05, 0) is 35.2 Å². The number of rotatable bonds is 2. The zero-order valence-electron chi connectivity index (χ0n) is 17.6. The Morgan fingerprint density at radius 2 is 2.00 bits per heavy atom. The van der Waals surface area contributed by atoms with Gasteiger partial charge in [0, 0.05) is 35.0 Å². The molecular formula is C24H25NO6S. The second kappa shape index (κ2) is 8.80. The maximum absolute atomic E-state index is 12.3. The van der Waals surface area contributed by atoms with Crippen LogP contribution in [0.4, 0.5) is 0 Å². The lowest BCUT2D eigenvalue weighted by Gasteiger charge is -2.37. The van der Waals surface area contributed by atoms with Crippen LogP contribution in [0.25, 0.3) is 10.1 Å². The molecule has 0 spiro atoms. The second-order valence-electron chi connectivity index (χ2n) is 8.23. The van der Waals surface area contributed by atoms with E-state index in [0.29, 0.717) is 5.75 Å². The number of aliphatic hydroxyl groups is 2. The van der Waals surface area contributed by atoms with Crippen molar-refractivity contribution in [2.75, 3.05) is 20.3 Å². The summed E-state index contributed by atoms with van der Waals surface area (Å²) in [5.41, 5.74) is 1.84. The van der Waals surface area contributed by atoms with Gasteiger partial charge < -0.3 is 19.7 Å². The van der Waals surface area contributed by atoms with E-state index in [9.17, 15) is 15.0 Å². The van der Waals surface area contributed by atoms with Crippen molar-refractivity contribution in [3.8, 4) is 5.75 Å². The number of hydrogen-bond acceptors (Lipinski definition) is 7. The summed E-state index contributed by atoms with van der Waals surface area (Å²) in [6, 6.07) is 16.3. The third-order valence-corrected chi connectivity index (χ3v) is 7.10. The molecule has 3 aromatic rings. The Hall–Kier alpha value is -2.49. The zero-order chi connectivity index (χ0) is 22.2. The van der Waals surface area contributed by atoms with Crippen LogP contribution in [0.15, 0.2) is 48.5 Å². The Kier molecular flexibility index (Phi) is 5.88. The summed E-state index contributed by atoms with van der Waals surface area (Å²) in [5.74, 6) is 0.179. The molecule has 168 valence electrons. The monoisotopic (exact) mass is 455 g/mol. The summed E-state index contributed by atoms with van der Waals surface area (Å²) in [7, 11) is 1.49. The molecule has 32 heavy (non-hydrogen) atoms. The van der Waals surface area contributed by atoms with Crippen molar-refractivity contribution >= 4 is 27.3 Å². The minimum absolute atomic E-state index is 0.0478. The van der Waals surface area contributed by atoms with Gasteiger partial charge in [-0.25, -0.2) is 5.06 Å². The standard InChI is InChI=1S/C24H25NO6S/c1-25-23(27)13-29-19-7-6-14(8-16-10-15-4-2-3-5-22(15)32-16)9-17(19)20-11-18(26)24(28)21(31-20)12-30-25/h2-7,9-10,18,20-21,24,26,28H,8,11-13H2,1H3/t18?,20?,21?,24-/m1/s1. The molecule has 0 radical (unpaired) electrons. The predicted molar refractivity (Wildman–Crippen MR) is 120 cm³/mol. The van der Waals surface area contributed by atoms with E-state index in [-0.39, 0.29) is 25.5 Å². The van der Waals surface area contributed by atoms with Crippen LogP contribution in [-0.4, -0.2) is 59.8 Å². The van der Waals surface area contributed by atoms with Crippen molar-refractivity contribution in [2.24, 2.45) is 0 Å². The molecule has 2 aliphatic heterocycles. The SMILES string of the molecule is CN1OCC2OC(CC(O)[C@H]2O)c2cc(Cc3cc4ccccc4s3)ccc2OCC1=O. The number of nitrogens with zero attached hydrogens (tertiary/aromatic N) is 1. The van der Waals surface area contributed by atoms with E-state index >= 15 is 0 Å². The number of hydrogen-bond donors (Lipinski definition) is 2. The maximum Gasteiger partial charge on any atom is 0.283 e. The van der Waals surface area contributed by atoms with Gasteiger partial charge in [-0.1, -0.05) is 24.3 Å². The molecule has 1 aromatic heterocycles. The molecule has 0 saturated carbocycles. The summed E-state index contributed by atoms with van der Waals surface area (Å²) in [5, 5.41) is 23.1. The van der Waals surface area contributed by atoms with Crippen LogP contribution >= 0.6 is 11.3 Å². The van der Waals surface area contributed by atoms with Crippen molar-refractivity contribution in [1.82, 2.24) is 5.06 Å². The van der Waals surface area contributed by atoms with Crippen LogP contribution in [0.2, 0.25) is 0 Å². The average molecular weight is 456 g/mol. The van der Waals surface area contributed by atoms with Crippen molar-refractivity contribution in [2.45, 2.75) is 37.3 Å². The Morgan fingerprint density at radius 1 is 1.16 bits per heavy atom. The molecule has 1 saturated heterocycles. The van der Waals surface area contributed by atoms with E-state index in [4.69, 9.17) is 14.3 Å². The Labute approximate surface area is 189 Å². The van der Waals surface area contributed by atoms with E-state index in [1.807, 2.05) is 30.3 Å². The highest BCUT2D eigenvalue weighted by Gasteiger charge is 2.39. The molecule has 2 aliphatic rings. The van der Waals surface area contributed by atoms with Gasteiger partial charge in [-0.15, -0.1) is 11.3 Å². The summed E-state index contributed by atoms with van der Waals surface area (Å²) in [6.45, 7) is -0.227. The highest BCUT2D eigenvalue weighted by molar-refractivity contribution is 7.19. The number of aliphatic hydroxyl groups excluding tert-OH is 2. The molecular weight excluding hydrogens is 430 g/mol. The molecule has 3 heterocycles. The molecule has 0 aliphatic carbocycles. The third-order valence-electron chi connectivity index (χ3n) is 5.98. The molecule has 2 aromatic carbocycles. The molecule has 8 heteroatoms. The lowest BCUT2D eigenvalue weighted by molar-refractivity contribution is -0.226. The topological polar surface area (TPSA) is 88.5 Å². The number of fused-ring (bicyclic) bond motifs is 5. The summed E-state index contributed by atoms with van der Waals surface area (Å²) in [4.78, 5) is 19.0. The number of hydroxylamine groups is 2. The van der Waals surface area contributed by atoms with Crippen LogP contribution in [0.5, 0.6) is 5.75 Å². The fourth-order valence-corrected chi connectivity index (χ4v) is 5.29. The number of ether oxygens (including phenoxy) is 2. The first-order valence-corrected chi connectivity index (χ1v) is 11.4.